The van der Waals surface area contributed by atoms with E-state index < -0.39 is 18.6 Å². The first-order valence-corrected chi connectivity index (χ1v) is 8.95. The molecule has 0 saturated heterocycles. The van der Waals surface area contributed by atoms with Gasteiger partial charge in [0, 0.05) is 26.7 Å². The number of ether oxygens (including phenoxy) is 2. The van der Waals surface area contributed by atoms with Gasteiger partial charge in [-0.3, -0.25) is 0 Å². The van der Waals surface area contributed by atoms with Crippen molar-refractivity contribution in [1.29, 1.82) is 0 Å². The zero-order chi connectivity index (χ0) is 19.1. The van der Waals surface area contributed by atoms with Crippen LogP contribution in [0, 0.1) is 3.57 Å². The van der Waals surface area contributed by atoms with E-state index in [0.717, 1.165) is 14.7 Å². The zero-order valence-corrected chi connectivity index (χ0v) is 15.8. The summed E-state index contributed by atoms with van der Waals surface area (Å²) in [6.07, 6.45) is -6.11. The molecule has 0 radical (unpaired) electrons. The van der Waals surface area contributed by atoms with E-state index in [2.05, 4.69) is 27.3 Å². The summed E-state index contributed by atoms with van der Waals surface area (Å²) >= 11 is 2.08. The summed E-state index contributed by atoms with van der Waals surface area (Å²) in [5.41, 5.74) is 2.85. The number of hydrogen-bond acceptors (Lipinski definition) is 4. The van der Waals surface area contributed by atoms with Crippen LogP contribution in [-0.2, 0) is 6.42 Å². The van der Waals surface area contributed by atoms with Gasteiger partial charge in [0.2, 0.25) is 0 Å². The van der Waals surface area contributed by atoms with E-state index >= 15 is 0 Å². The van der Waals surface area contributed by atoms with Crippen LogP contribution in [0.3, 0.4) is 0 Å². The molecule has 1 aliphatic heterocycles. The van der Waals surface area contributed by atoms with E-state index in [9.17, 15) is 23.4 Å². The Kier molecular flexibility index (Phi) is 5.36. The minimum absolute atomic E-state index is 0.297. The van der Waals surface area contributed by atoms with Gasteiger partial charge in [-0.1, -0.05) is 12.1 Å². The predicted molar refractivity (Wildman–Crippen MR) is 97.1 cm³/mol. The molecule has 0 bridgehead atoms. The summed E-state index contributed by atoms with van der Waals surface area (Å²) in [4.78, 5) is 0. The molecule has 0 aliphatic carbocycles. The van der Waals surface area contributed by atoms with Crippen LogP contribution in [0.1, 0.15) is 24.2 Å². The number of fused-ring (bicyclic) bond motifs is 1. The van der Waals surface area contributed by atoms with Crippen molar-refractivity contribution in [2.45, 2.75) is 31.9 Å². The summed E-state index contributed by atoms with van der Waals surface area (Å²) in [5, 5.41) is 20.1. The Balaban J connectivity index is 2.02. The van der Waals surface area contributed by atoms with E-state index in [0.29, 0.717) is 29.9 Å². The van der Waals surface area contributed by atoms with Gasteiger partial charge in [0.05, 0.1) is 12.7 Å². The molecule has 0 saturated carbocycles. The van der Waals surface area contributed by atoms with Crippen molar-refractivity contribution < 1.29 is 32.9 Å². The molecule has 8 heteroatoms. The van der Waals surface area contributed by atoms with Crippen molar-refractivity contribution in [3.63, 3.8) is 0 Å². The normalized spacial score (nSPS) is 16.0. The van der Waals surface area contributed by atoms with Crippen LogP contribution >= 0.6 is 22.6 Å². The SMILES string of the molecule is CC(O)C(O)c1c(I)cc(-c2ccc(OC(F)(F)F)cc2)c2c1CCO2. The molecule has 1 heterocycles. The van der Waals surface area contributed by atoms with Crippen molar-refractivity contribution in [3.8, 4) is 22.6 Å². The lowest BCUT2D eigenvalue weighted by Gasteiger charge is -2.20. The quantitative estimate of drug-likeness (QED) is 0.645. The highest BCUT2D eigenvalue weighted by molar-refractivity contribution is 14.1. The van der Waals surface area contributed by atoms with Crippen molar-refractivity contribution in [3.05, 3.63) is 45.0 Å². The summed E-state index contributed by atoms with van der Waals surface area (Å²) in [7, 11) is 0. The van der Waals surface area contributed by atoms with Crippen molar-refractivity contribution >= 4 is 22.6 Å². The van der Waals surface area contributed by atoms with Gasteiger partial charge in [-0.05, 0) is 53.3 Å². The van der Waals surface area contributed by atoms with Crippen LogP contribution in [0.2, 0.25) is 0 Å². The molecule has 140 valence electrons. The molecule has 2 aromatic rings. The standard InChI is InChI=1S/C18H16F3IO4/c1-9(23)16(24)15-12-6-7-25-17(12)13(8-14(15)22)10-2-4-11(5-3-10)26-18(19,20)21/h2-5,8-9,16,23-24H,6-7H2,1H3. The van der Waals surface area contributed by atoms with Crippen LogP contribution in [0.25, 0.3) is 11.1 Å². The fourth-order valence-corrected chi connectivity index (χ4v) is 3.93. The number of benzene rings is 2. The molecule has 2 N–H and O–H groups in total. The third-order valence-corrected chi connectivity index (χ3v) is 5.01. The molecule has 1 aliphatic rings. The second-order valence-corrected chi connectivity index (χ2v) is 7.15. The summed E-state index contributed by atoms with van der Waals surface area (Å²) in [6, 6.07) is 7.34. The fourth-order valence-electron chi connectivity index (χ4n) is 2.98. The van der Waals surface area contributed by atoms with Crippen molar-refractivity contribution in [2.75, 3.05) is 6.61 Å². The highest BCUT2D eigenvalue weighted by Crippen LogP contribution is 2.44. The van der Waals surface area contributed by atoms with Crippen LogP contribution < -0.4 is 9.47 Å². The van der Waals surface area contributed by atoms with E-state index in [1.165, 1.54) is 31.2 Å². The number of rotatable bonds is 4. The molecule has 0 fully saturated rings. The Morgan fingerprint density at radius 2 is 1.85 bits per heavy atom. The van der Waals surface area contributed by atoms with E-state index in [-0.39, 0.29) is 5.75 Å². The Morgan fingerprint density at radius 1 is 1.19 bits per heavy atom. The zero-order valence-electron chi connectivity index (χ0n) is 13.7. The van der Waals surface area contributed by atoms with Crippen molar-refractivity contribution in [2.24, 2.45) is 0 Å². The number of hydrogen-bond donors (Lipinski definition) is 2. The average molecular weight is 480 g/mol. The van der Waals surface area contributed by atoms with Crippen molar-refractivity contribution in [1.82, 2.24) is 0 Å². The van der Waals surface area contributed by atoms with Crippen LogP contribution in [-0.4, -0.2) is 29.3 Å². The first-order valence-electron chi connectivity index (χ1n) is 7.88. The monoisotopic (exact) mass is 480 g/mol. The third kappa shape index (κ3) is 3.91. The Bertz CT molecular complexity index is 804. The molecular weight excluding hydrogens is 464 g/mol. The Hall–Kier alpha value is -1.52. The molecular formula is C18H16F3IO4. The average Bonchev–Trinajstić information content (AvgIpc) is 3.02. The lowest BCUT2D eigenvalue weighted by atomic mass is 9.93. The summed E-state index contributed by atoms with van der Waals surface area (Å²) in [6.45, 7) is 1.95. The Morgan fingerprint density at radius 3 is 2.42 bits per heavy atom. The van der Waals surface area contributed by atoms with Gasteiger partial charge in [0.1, 0.15) is 17.6 Å². The second-order valence-electron chi connectivity index (χ2n) is 5.98. The molecule has 0 spiro atoms. The topological polar surface area (TPSA) is 58.9 Å². The molecule has 3 rings (SSSR count). The maximum atomic E-state index is 12.3. The maximum Gasteiger partial charge on any atom is 0.573 e. The Labute approximate surface area is 161 Å². The number of aliphatic hydroxyl groups excluding tert-OH is 2. The number of aliphatic hydroxyl groups is 2. The first-order chi connectivity index (χ1) is 12.2. The summed E-state index contributed by atoms with van der Waals surface area (Å²) < 4.78 is 47.2. The van der Waals surface area contributed by atoms with Gasteiger partial charge >= 0.3 is 6.36 Å². The number of alkyl halides is 3. The second kappa shape index (κ2) is 7.24. The fraction of sp³-hybridized carbons (Fsp3) is 0.333. The van der Waals surface area contributed by atoms with E-state index in [1.54, 1.807) is 6.07 Å². The highest BCUT2D eigenvalue weighted by Gasteiger charge is 2.31. The van der Waals surface area contributed by atoms with Gasteiger partial charge in [0.15, 0.2) is 0 Å². The van der Waals surface area contributed by atoms with Gasteiger partial charge < -0.3 is 19.7 Å². The molecule has 4 nitrogen and oxygen atoms in total. The van der Waals surface area contributed by atoms with Crippen LogP contribution in [0.4, 0.5) is 13.2 Å². The summed E-state index contributed by atoms with van der Waals surface area (Å²) in [5.74, 6) is 0.291. The lowest BCUT2D eigenvalue weighted by molar-refractivity contribution is -0.274. The maximum absolute atomic E-state index is 12.3. The third-order valence-electron chi connectivity index (χ3n) is 4.12. The lowest BCUT2D eigenvalue weighted by Crippen LogP contribution is -2.17. The largest absolute Gasteiger partial charge is 0.573 e. The highest BCUT2D eigenvalue weighted by atomic mass is 127. The molecule has 0 amide bonds. The molecule has 2 unspecified atom stereocenters. The minimum Gasteiger partial charge on any atom is -0.492 e. The smallest absolute Gasteiger partial charge is 0.492 e. The van der Waals surface area contributed by atoms with E-state index in [4.69, 9.17) is 4.74 Å². The molecule has 26 heavy (non-hydrogen) atoms. The first kappa shape index (κ1) is 19.2. The minimum atomic E-state index is -4.74. The van der Waals surface area contributed by atoms with Gasteiger partial charge in [-0.15, -0.1) is 13.2 Å². The predicted octanol–water partition coefficient (Wildman–Crippen LogP) is 4.21. The molecule has 0 aromatic heterocycles. The van der Waals surface area contributed by atoms with E-state index in [1.807, 2.05) is 0 Å². The van der Waals surface area contributed by atoms with Crippen LogP contribution in [0.5, 0.6) is 11.5 Å². The molecule has 2 atom stereocenters. The van der Waals surface area contributed by atoms with Gasteiger partial charge in [-0.2, -0.15) is 0 Å². The van der Waals surface area contributed by atoms with Crippen LogP contribution in [0.15, 0.2) is 30.3 Å². The molecule has 2 aromatic carbocycles. The van der Waals surface area contributed by atoms with Gasteiger partial charge in [-0.25, -0.2) is 0 Å². The van der Waals surface area contributed by atoms with Gasteiger partial charge in [0.25, 0.3) is 0 Å². The number of halogens is 4.